The minimum absolute atomic E-state index is 0.318. The van der Waals surface area contributed by atoms with Gasteiger partial charge in [-0.15, -0.1) is 0 Å². The van der Waals surface area contributed by atoms with Crippen LogP contribution < -0.4 is 5.32 Å². The van der Waals surface area contributed by atoms with Crippen molar-refractivity contribution < 1.29 is 4.79 Å². The van der Waals surface area contributed by atoms with Crippen molar-refractivity contribution in [3.8, 4) is 6.07 Å². The highest BCUT2D eigenvalue weighted by Gasteiger charge is 2.13. The fourth-order valence-corrected chi connectivity index (χ4v) is 2.61. The lowest BCUT2D eigenvalue weighted by Crippen LogP contribution is -2.13. The topological polar surface area (TPSA) is 52.9 Å². The number of carbonyl (C=O) groups is 1. The average molecular weight is 414 g/mol. The minimum Gasteiger partial charge on any atom is -0.321 e. The van der Waals surface area contributed by atoms with Crippen LogP contribution in [-0.4, -0.2) is 5.91 Å². The van der Waals surface area contributed by atoms with Gasteiger partial charge < -0.3 is 5.32 Å². The van der Waals surface area contributed by atoms with E-state index in [1.54, 1.807) is 36.4 Å². The molecule has 0 atom stereocenters. The first-order valence-corrected chi connectivity index (χ1v) is 7.44. The standard InChI is InChI=1S/C14H7Br2ClN2O/c15-10-3-1-2-9(13(10)17)14(20)19-12-5-4-8(7-18)6-11(12)16/h1-6H,(H,19,20). The Kier molecular flexibility index (Phi) is 4.81. The van der Waals surface area contributed by atoms with Crippen LogP contribution in [-0.2, 0) is 0 Å². The van der Waals surface area contributed by atoms with Gasteiger partial charge >= 0.3 is 0 Å². The average Bonchev–Trinajstić information content (AvgIpc) is 2.44. The highest BCUT2D eigenvalue weighted by Crippen LogP contribution is 2.28. The van der Waals surface area contributed by atoms with Gasteiger partial charge in [-0.25, -0.2) is 0 Å². The van der Waals surface area contributed by atoms with E-state index in [1.165, 1.54) is 0 Å². The molecule has 0 aliphatic heterocycles. The number of hydrogen-bond acceptors (Lipinski definition) is 2. The van der Waals surface area contributed by atoms with E-state index < -0.39 is 0 Å². The highest BCUT2D eigenvalue weighted by molar-refractivity contribution is 9.11. The normalized spacial score (nSPS) is 9.90. The third-order valence-electron chi connectivity index (χ3n) is 2.54. The molecule has 1 amide bonds. The van der Waals surface area contributed by atoms with Crippen LogP contribution in [0.2, 0.25) is 5.02 Å². The molecule has 2 aromatic carbocycles. The molecule has 2 rings (SSSR count). The van der Waals surface area contributed by atoms with Gasteiger partial charge in [0, 0.05) is 8.95 Å². The van der Waals surface area contributed by atoms with Gasteiger partial charge in [-0.1, -0.05) is 17.7 Å². The van der Waals surface area contributed by atoms with Crippen LogP contribution in [0.5, 0.6) is 0 Å². The number of amides is 1. The Morgan fingerprint density at radius 1 is 1.20 bits per heavy atom. The van der Waals surface area contributed by atoms with Crippen molar-refractivity contribution in [2.24, 2.45) is 0 Å². The Morgan fingerprint density at radius 3 is 2.60 bits per heavy atom. The zero-order valence-electron chi connectivity index (χ0n) is 9.95. The van der Waals surface area contributed by atoms with E-state index in [1.807, 2.05) is 6.07 Å². The fourth-order valence-electron chi connectivity index (χ4n) is 1.55. The summed E-state index contributed by atoms with van der Waals surface area (Å²) >= 11 is 12.7. The molecule has 3 nitrogen and oxygen atoms in total. The third kappa shape index (κ3) is 3.21. The summed E-state index contributed by atoms with van der Waals surface area (Å²) in [6, 6.07) is 12.1. The van der Waals surface area contributed by atoms with Crippen molar-refractivity contribution in [1.29, 1.82) is 5.26 Å². The van der Waals surface area contributed by atoms with Crippen molar-refractivity contribution in [2.45, 2.75) is 0 Å². The molecule has 0 heterocycles. The molecule has 0 spiro atoms. The van der Waals surface area contributed by atoms with E-state index in [2.05, 4.69) is 37.2 Å². The first-order valence-electron chi connectivity index (χ1n) is 5.48. The Labute approximate surface area is 137 Å². The van der Waals surface area contributed by atoms with Crippen LogP contribution in [0.25, 0.3) is 0 Å². The van der Waals surface area contributed by atoms with Crippen molar-refractivity contribution in [1.82, 2.24) is 0 Å². The SMILES string of the molecule is N#Cc1ccc(NC(=O)c2cccc(Br)c2Cl)c(Br)c1. The van der Waals surface area contributed by atoms with Crippen LogP contribution in [0.1, 0.15) is 15.9 Å². The summed E-state index contributed by atoms with van der Waals surface area (Å²) in [5, 5.41) is 11.9. The smallest absolute Gasteiger partial charge is 0.257 e. The zero-order valence-corrected chi connectivity index (χ0v) is 13.9. The van der Waals surface area contributed by atoms with Crippen LogP contribution in [0.3, 0.4) is 0 Å². The van der Waals surface area contributed by atoms with E-state index in [4.69, 9.17) is 16.9 Å². The maximum atomic E-state index is 12.2. The zero-order chi connectivity index (χ0) is 14.7. The largest absolute Gasteiger partial charge is 0.321 e. The number of nitriles is 1. The molecule has 1 N–H and O–H groups in total. The Balaban J connectivity index is 2.29. The van der Waals surface area contributed by atoms with Crippen molar-refractivity contribution >= 4 is 55.1 Å². The van der Waals surface area contributed by atoms with Crippen molar-refractivity contribution in [2.75, 3.05) is 5.32 Å². The number of nitrogens with zero attached hydrogens (tertiary/aromatic N) is 1. The molecule has 0 saturated heterocycles. The van der Waals surface area contributed by atoms with Gasteiger partial charge in [0.25, 0.3) is 5.91 Å². The Bertz CT molecular complexity index is 726. The van der Waals surface area contributed by atoms with Gasteiger partial charge in [-0.05, 0) is 62.2 Å². The second kappa shape index (κ2) is 6.40. The monoisotopic (exact) mass is 412 g/mol. The summed E-state index contributed by atoms with van der Waals surface area (Å²) in [5.74, 6) is -0.318. The quantitative estimate of drug-likeness (QED) is 0.753. The van der Waals surface area contributed by atoms with Crippen LogP contribution in [0.15, 0.2) is 45.3 Å². The van der Waals surface area contributed by atoms with E-state index in [-0.39, 0.29) is 5.91 Å². The first-order chi connectivity index (χ1) is 9.52. The maximum absolute atomic E-state index is 12.2. The minimum atomic E-state index is -0.318. The van der Waals surface area contributed by atoms with E-state index >= 15 is 0 Å². The number of hydrogen-bond donors (Lipinski definition) is 1. The van der Waals surface area contributed by atoms with Gasteiger partial charge in [0.15, 0.2) is 0 Å². The molecule has 0 aliphatic rings. The van der Waals surface area contributed by atoms with Crippen LogP contribution in [0, 0.1) is 11.3 Å². The number of anilines is 1. The predicted octanol–water partition coefficient (Wildman–Crippen LogP) is 4.99. The first kappa shape index (κ1) is 15.0. The van der Waals surface area contributed by atoms with Crippen molar-refractivity contribution in [3.63, 3.8) is 0 Å². The molecule has 0 fully saturated rings. The lowest BCUT2D eigenvalue weighted by molar-refractivity contribution is 0.102. The van der Waals surface area contributed by atoms with Gasteiger partial charge in [0.05, 0.1) is 27.9 Å². The number of nitrogens with one attached hydrogen (secondary N) is 1. The summed E-state index contributed by atoms with van der Waals surface area (Å²) in [5.41, 5.74) is 1.46. The lowest BCUT2D eigenvalue weighted by Gasteiger charge is -2.09. The summed E-state index contributed by atoms with van der Waals surface area (Å²) in [6.07, 6.45) is 0. The summed E-state index contributed by atoms with van der Waals surface area (Å²) < 4.78 is 1.29. The molecule has 0 aliphatic carbocycles. The predicted molar refractivity (Wildman–Crippen MR) is 86.0 cm³/mol. The second-order valence-electron chi connectivity index (χ2n) is 3.86. The van der Waals surface area contributed by atoms with Gasteiger partial charge in [-0.2, -0.15) is 5.26 Å². The van der Waals surface area contributed by atoms with Gasteiger partial charge in [0.1, 0.15) is 0 Å². The van der Waals surface area contributed by atoms with Gasteiger partial charge in [0.2, 0.25) is 0 Å². The van der Waals surface area contributed by atoms with Crippen LogP contribution in [0.4, 0.5) is 5.69 Å². The summed E-state index contributed by atoms with van der Waals surface area (Å²) in [4.78, 5) is 12.2. The Hall–Kier alpha value is -1.35. The van der Waals surface area contributed by atoms with E-state index in [0.717, 1.165) is 0 Å². The molecule has 6 heteroatoms. The fraction of sp³-hybridized carbons (Fsp3) is 0. The third-order valence-corrected chi connectivity index (χ3v) is 4.50. The molecule has 0 radical (unpaired) electrons. The molecule has 0 bridgehead atoms. The molecule has 2 aromatic rings. The second-order valence-corrected chi connectivity index (χ2v) is 5.95. The molecule has 100 valence electrons. The molecule has 0 aromatic heterocycles. The number of carbonyl (C=O) groups excluding carboxylic acids is 1. The molecular formula is C14H7Br2ClN2O. The molecular weight excluding hydrogens is 407 g/mol. The molecule has 20 heavy (non-hydrogen) atoms. The highest BCUT2D eigenvalue weighted by atomic mass is 79.9. The van der Waals surface area contributed by atoms with Crippen molar-refractivity contribution in [3.05, 3.63) is 61.5 Å². The number of rotatable bonds is 2. The molecule has 0 saturated carbocycles. The van der Waals surface area contributed by atoms with E-state index in [9.17, 15) is 4.79 Å². The molecule has 0 unspecified atom stereocenters. The number of benzene rings is 2. The Morgan fingerprint density at radius 2 is 1.95 bits per heavy atom. The number of halogens is 3. The van der Waals surface area contributed by atoms with Gasteiger partial charge in [-0.3, -0.25) is 4.79 Å². The summed E-state index contributed by atoms with van der Waals surface area (Å²) in [6.45, 7) is 0. The summed E-state index contributed by atoms with van der Waals surface area (Å²) in [7, 11) is 0. The van der Waals surface area contributed by atoms with Crippen LogP contribution >= 0.6 is 43.5 Å². The maximum Gasteiger partial charge on any atom is 0.257 e. The van der Waals surface area contributed by atoms with E-state index in [0.29, 0.717) is 30.8 Å². The lowest BCUT2D eigenvalue weighted by atomic mass is 10.2.